The van der Waals surface area contributed by atoms with Gasteiger partial charge in [-0.1, -0.05) is 23.2 Å². The van der Waals surface area contributed by atoms with Gasteiger partial charge < -0.3 is 9.14 Å². The van der Waals surface area contributed by atoms with E-state index in [1.54, 1.807) is 0 Å². The van der Waals surface area contributed by atoms with Crippen LogP contribution in [0.1, 0.15) is 26.4 Å². The number of rotatable bonds is 3. The van der Waals surface area contributed by atoms with E-state index in [9.17, 15) is 27.2 Å². The fraction of sp³-hybridized carbons (Fsp3) is 0.118. The molecule has 3 aromatic rings. The van der Waals surface area contributed by atoms with Gasteiger partial charge in [-0.05, 0) is 12.1 Å². The zero-order valence-corrected chi connectivity index (χ0v) is 16.3. The molecule has 158 valence electrons. The lowest BCUT2D eigenvalue weighted by atomic mass is 10.2. The van der Waals surface area contributed by atoms with Crippen molar-refractivity contribution in [1.82, 2.24) is 14.4 Å². The second kappa shape index (κ2) is 7.74. The van der Waals surface area contributed by atoms with E-state index in [2.05, 4.69) is 4.98 Å². The minimum atomic E-state index is -4.68. The van der Waals surface area contributed by atoms with E-state index in [1.165, 1.54) is 7.11 Å². The highest BCUT2D eigenvalue weighted by Crippen LogP contribution is 2.32. The number of imidazole rings is 1. The molecule has 13 heteroatoms. The van der Waals surface area contributed by atoms with Crippen molar-refractivity contribution in [2.45, 2.75) is 6.18 Å². The molecule has 2 aromatic heterocycles. The van der Waals surface area contributed by atoms with Gasteiger partial charge in [0.05, 0.1) is 28.3 Å². The Morgan fingerprint density at radius 1 is 1.13 bits per heavy atom. The Balaban J connectivity index is 1.96. The number of imide groups is 1. The van der Waals surface area contributed by atoms with Crippen LogP contribution in [-0.2, 0) is 6.18 Å². The summed E-state index contributed by atoms with van der Waals surface area (Å²) in [5.74, 6) is 2.02. The third kappa shape index (κ3) is 3.91. The van der Waals surface area contributed by atoms with Crippen LogP contribution in [0.25, 0.3) is 5.65 Å². The third-order valence-electron chi connectivity index (χ3n) is 3.96. The number of alkyl halides is 3. The number of aromatic nitrogens is 2. The first kappa shape index (κ1) is 21.8. The number of ether oxygens (including phenoxy) is 1. The lowest BCUT2D eigenvalue weighted by Gasteiger charge is -2.15. The van der Waals surface area contributed by atoms with Gasteiger partial charge in [-0.3, -0.25) is 9.59 Å². The number of halogens is 6. The summed E-state index contributed by atoms with van der Waals surface area (Å²) < 4.78 is 58.3. The van der Waals surface area contributed by atoms with E-state index in [1.807, 2.05) is 0 Å². The Hall–Kier alpha value is -2.89. The van der Waals surface area contributed by atoms with Gasteiger partial charge in [-0.15, -0.1) is 0 Å². The zero-order valence-electron chi connectivity index (χ0n) is 14.8. The van der Waals surface area contributed by atoms with Gasteiger partial charge >= 0.3 is 6.18 Å². The molecule has 0 aliphatic carbocycles. The number of pyridine rings is 1. The first-order valence-electron chi connectivity index (χ1n) is 7.86. The summed E-state index contributed by atoms with van der Waals surface area (Å²) in [7, 11) is 1.19. The predicted octanol–water partition coefficient (Wildman–Crippen LogP) is 3.96. The molecule has 0 saturated heterocycles. The minimum Gasteiger partial charge on any atom is -0.494 e. The average molecular weight is 465 g/mol. The molecule has 0 radical (unpaired) electrons. The molecule has 1 aromatic carbocycles. The lowest BCUT2D eigenvalue weighted by molar-refractivity contribution is -0.137. The van der Waals surface area contributed by atoms with Crippen molar-refractivity contribution < 1.29 is 31.9 Å². The van der Waals surface area contributed by atoms with Gasteiger partial charge in [-0.2, -0.15) is 13.2 Å². The number of hydrogen-bond donors (Lipinski definition) is 1. The predicted molar refractivity (Wildman–Crippen MR) is 97.9 cm³/mol. The van der Waals surface area contributed by atoms with Crippen molar-refractivity contribution in [3.05, 3.63) is 63.3 Å². The van der Waals surface area contributed by atoms with Gasteiger partial charge in [0.25, 0.3) is 11.8 Å². The molecule has 0 spiro atoms. The van der Waals surface area contributed by atoms with Crippen molar-refractivity contribution in [2.24, 2.45) is 5.84 Å². The molecular formula is C17H10Cl2F4N4O3. The highest BCUT2D eigenvalue weighted by Gasteiger charge is 2.32. The number of carbonyl (C=O) groups is 2. The van der Waals surface area contributed by atoms with Crippen molar-refractivity contribution in [3.63, 3.8) is 0 Å². The minimum absolute atomic E-state index is 0.105. The Labute approximate surface area is 175 Å². The molecule has 0 bridgehead atoms. The van der Waals surface area contributed by atoms with Crippen LogP contribution < -0.4 is 10.6 Å². The number of methoxy groups -OCH3 is 1. The van der Waals surface area contributed by atoms with Crippen LogP contribution in [0.2, 0.25) is 10.0 Å². The molecule has 3 rings (SSSR count). The van der Waals surface area contributed by atoms with Crippen molar-refractivity contribution in [3.8, 4) is 5.75 Å². The lowest BCUT2D eigenvalue weighted by Crippen LogP contribution is -2.43. The molecule has 2 heterocycles. The fourth-order valence-electron chi connectivity index (χ4n) is 2.51. The van der Waals surface area contributed by atoms with Crippen LogP contribution in [0.15, 0.2) is 30.6 Å². The second-order valence-corrected chi connectivity index (χ2v) is 6.69. The monoisotopic (exact) mass is 464 g/mol. The number of hydrogen-bond acceptors (Lipinski definition) is 5. The Morgan fingerprint density at radius 2 is 1.80 bits per heavy atom. The number of nitrogens with two attached hydrogens (primary N) is 1. The average Bonchev–Trinajstić information content (AvgIpc) is 3.12. The summed E-state index contributed by atoms with van der Waals surface area (Å²) in [4.78, 5) is 28.8. The topological polar surface area (TPSA) is 89.9 Å². The summed E-state index contributed by atoms with van der Waals surface area (Å²) in [6.45, 7) is 0. The van der Waals surface area contributed by atoms with Crippen LogP contribution in [0.3, 0.4) is 0 Å². The third-order valence-corrected chi connectivity index (χ3v) is 4.55. The van der Waals surface area contributed by atoms with Gasteiger partial charge in [0.2, 0.25) is 0 Å². The molecule has 7 nitrogen and oxygen atoms in total. The van der Waals surface area contributed by atoms with Gasteiger partial charge in [-0.25, -0.2) is 20.2 Å². The van der Waals surface area contributed by atoms with E-state index >= 15 is 0 Å². The first-order valence-corrected chi connectivity index (χ1v) is 8.61. The summed E-state index contributed by atoms with van der Waals surface area (Å²) in [5, 5.41) is -0.513. The van der Waals surface area contributed by atoms with Crippen LogP contribution in [0.4, 0.5) is 17.6 Å². The quantitative estimate of drug-likeness (QED) is 0.208. The van der Waals surface area contributed by atoms with E-state index in [0.29, 0.717) is 12.3 Å². The molecule has 0 atom stereocenters. The fourth-order valence-corrected chi connectivity index (χ4v) is 3.00. The maximum atomic E-state index is 13.9. The van der Waals surface area contributed by atoms with Gasteiger partial charge in [0.15, 0.2) is 17.2 Å². The Morgan fingerprint density at radius 3 is 2.40 bits per heavy atom. The maximum Gasteiger partial charge on any atom is 0.417 e. The van der Waals surface area contributed by atoms with E-state index in [-0.39, 0.29) is 26.5 Å². The number of benzene rings is 1. The molecule has 30 heavy (non-hydrogen) atoms. The largest absolute Gasteiger partial charge is 0.494 e. The van der Waals surface area contributed by atoms with Crippen LogP contribution in [0.5, 0.6) is 5.75 Å². The normalized spacial score (nSPS) is 11.6. The molecule has 2 N–H and O–H groups in total. The Kier molecular flexibility index (Phi) is 5.63. The molecule has 0 unspecified atom stereocenters. The Bertz CT molecular complexity index is 1180. The van der Waals surface area contributed by atoms with Crippen LogP contribution in [0, 0.1) is 5.82 Å². The maximum absolute atomic E-state index is 13.9. The first-order chi connectivity index (χ1) is 13.9. The zero-order chi connectivity index (χ0) is 22.4. The number of amides is 2. The number of fused-ring (bicyclic) bond motifs is 1. The smallest absolute Gasteiger partial charge is 0.417 e. The number of nitrogens with zero attached hydrogens (tertiary/aromatic N) is 3. The van der Waals surface area contributed by atoms with E-state index in [0.717, 1.165) is 22.7 Å². The van der Waals surface area contributed by atoms with Crippen molar-refractivity contribution in [1.29, 1.82) is 0 Å². The number of hydrazine groups is 1. The second-order valence-electron chi connectivity index (χ2n) is 5.88. The SMILES string of the molecule is COc1cc(Cl)c(C(=O)N(N)C(=O)c2cn3cc(C(F)(F)F)cc(Cl)c3n2)cc1F. The van der Waals surface area contributed by atoms with Crippen LogP contribution >= 0.6 is 23.2 Å². The molecule has 0 aliphatic heterocycles. The highest BCUT2D eigenvalue weighted by atomic mass is 35.5. The van der Waals surface area contributed by atoms with Crippen LogP contribution in [-0.4, -0.2) is 33.3 Å². The standard InChI is InChI=1S/C17H10Cl2F4N4O3/c1-30-13-4-9(18)8(3-11(13)20)15(28)27(24)16(29)12-6-26-5-7(17(21,22)23)2-10(19)14(26)25-12/h2-6H,24H2,1H3. The number of carbonyl (C=O) groups excluding carboxylic acids is 2. The molecule has 0 saturated carbocycles. The molecular weight excluding hydrogens is 455 g/mol. The summed E-state index contributed by atoms with van der Waals surface area (Å²) in [6, 6.07) is 2.39. The van der Waals surface area contributed by atoms with Crippen molar-refractivity contribution in [2.75, 3.05) is 7.11 Å². The highest BCUT2D eigenvalue weighted by molar-refractivity contribution is 6.34. The molecule has 2 amide bonds. The van der Waals surface area contributed by atoms with Gasteiger partial charge in [0, 0.05) is 18.5 Å². The van der Waals surface area contributed by atoms with Crippen molar-refractivity contribution >= 4 is 40.7 Å². The van der Waals surface area contributed by atoms with E-state index in [4.69, 9.17) is 33.8 Å². The van der Waals surface area contributed by atoms with E-state index < -0.39 is 40.6 Å². The van der Waals surface area contributed by atoms with Gasteiger partial charge in [0.1, 0.15) is 5.69 Å². The summed E-state index contributed by atoms with van der Waals surface area (Å²) in [5.41, 5.74) is -2.15. The molecule has 0 aliphatic rings. The molecule has 0 fully saturated rings. The summed E-state index contributed by atoms with van der Waals surface area (Å²) >= 11 is 11.7. The summed E-state index contributed by atoms with van der Waals surface area (Å²) in [6.07, 6.45) is -3.09.